The lowest BCUT2D eigenvalue weighted by atomic mass is 9.83. The molecule has 0 aromatic heterocycles. The Bertz CT molecular complexity index is 1050. The maximum atomic E-state index is 12.8. The molecule has 0 amide bonds. The van der Waals surface area contributed by atoms with Crippen molar-refractivity contribution in [2.24, 2.45) is 0 Å². The molecule has 1 aliphatic heterocycles. The summed E-state index contributed by atoms with van der Waals surface area (Å²) in [6, 6.07) is 12.8. The van der Waals surface area contributed by atoms with E-state index in [2.05, 4.69) is 0 Å². The van der Waals surface area contributed by atoms with Crippen molar-refractivity contribution in [3.05, 3.63) is 77.1 Å². The molecule has 1 aliphatic rings. The summed E-state index contributed by atoms with van der Waals surface area (Å²) in [6.45, 7) is 2.77. The molecule has 180 valence electrons. The first kappa shape index (κ1) is 24.7. The van der Waals surface area contributed by atoms with Crippen molar-refractivity contribution in [1.82, 2.24) is 4.90 Å². The lowest BCUT2D eigenvalue weighted by Gasteiger charge is -2.30. The van der Waals surface area contributed by atoms with E-state index < -0.39 is 17.9 Å². The minimum Gasteiger partial charge on any atom is -0.497 e. The first-order valence-electron chi connectivity index (χ1n) is 10.7. The average Bonchev–Trinajstić information content (AvgIpc) is 2.88. The number of esters is 2. The minimum atomic E-state index is -0.711. The normalized spacial score (nSPS) is 13.5. The molecular formula is C26H29NO7. The van der Waals surface area contributed by atoms with Crippen LogP contribution in [-0.4, -0.2) is 51.9 Å². The van der Waals surface area contributed by atoms with Crippen LogP contribution >= 0.6 is 0 Å². The smallest absolute Gasteiger partial charge is 0.336 e. The van der Waals surface area contributed by atoms with Crippen molar-refractivity contribution >= 4 is 11.9 Å². The Morgan fingerprint density at radius 1 is 0.824 bits per heavy atom. The standard InChI is InChI=1S/C26H29NO7/c1-6-34-22-12-9-18(13-23(22)31-3)24-20(25(28)32-4)15-27(16-21(24)26(29)33-5)14-17-7-10-19(30-2)11-8-17/h7-13,15-16,24H,6,14H2,1-5H3. The second kappa shape index (κ2) is 11.3. The fraction of sp³-hybridized carbons (Fsp3) is 0.308. The van der Waals surface area contributed by atoms with Gasteiger partial charge >= 0.3 is 11.9 Å². The number of benzene rings is 2. The van der Waals surface area contributed by atoms with Crippen LogP contribution in [0.3, 0.4) is 0 Å². The number of ether oxygens (including phenoxy) is 5. The van der Waals surface area contributed by atoms with Gasteiger partial charge in [0.2, 0.25) is 0 Å². The van der Waals surface area contributed by atoms with Crippen LogP contribution in [-0.2, 0) is 25.6 Å². The molecule has 1 heterocycles. The van der Waals surface area contributed by atoms with E-state index in [1.807, 2.05) is 31.2 Å². The molecule has 0 N–H and O–H groups in total. The predicted molar refractivity (Wildman–Crippen MR) is 126 cm³/mol. The van der Waals surface area contributed by atoms with Gasteiger partial charge in [0.1, 0.15) is 5.75 Å². The Morgan fingerprint density at radius 2 is 1.44 bits per heavy atom. The van der Waals surface area contributed by atoms with Gasteiger partial charge < -0.3 is 28.6 Å². The van der Waals surface area contributed by atoms with Crippen LogP contribution in [0.4, 0.5) is 0 Å². The highest BCUT2D eigenvalue weighted by Crippen LogP contribution is 2.40. The molecule has 2 aromatic carbocycles. The van der Waals surface area contributed by atoms with Gasteiger partial charge in [-0.05, 0) is 42.3 Å². The molecule has 8 nitrogen and oxygen atoms in total. The van der Waals surface area contributed by atoms with Crippen molar-refractivity contribution in [2.75, 3.05) is 35.0 Å². The van der Waals surface area contributed by atoms with Gasteiger partial charge in [0.05, 0.1) is 52.1 Å². The summed E-state index contributed by atoms with van der Waals surface area (Å²) in [7, 11) is 5.76. The number of nitrogens with zero attached hydrogens (tertiary/aromatic N) is 1. The molecule has 0 saturated heterocycles. The minimum absolute atomic E-state index is 0.296. The third-order valence-corrected chi connectivity index (χ3v) is 5.42. The van der Waals surface area contributed by atoms with Gasteiger partial charge in [-0.15, -0.1) is 0 Å². The van der Waals surface area contributed by atoms with Crippen molar-refractivity contribution in [2.45, 2.75) is 19.4 Å². The van der Waals surface area contributed by atoms with Gasteiger partial charge in [-0.25, -0.2) is 9.59 Å². The van der Waals surface area contributed by atoms with Gasteiger partial charge in [0, 0.05) is 18.9 Å². The van der Waals surface area contributed by atoms with Crippen LogP contribution < -0.4 is 14.2 Å². The Labute approximate surface area is 199 Å². The van der Waals surface area contributed by atoms with Crippen LogP contribution in [0.15, 0.2) is 66.0 Å². The van der Waals surface area contributed by atoms with Crippen molar-refractivity contribution in [3.63, 3.8) is 0 Å². The quantitative estimate of drug-likeness (QED) is 0.515. The van der Waals surface area contributed by atoms with E-state index in [9.17, 15) is 9.59 Å². The fourth-order valence-corrected chi connectivity index (χ4v) is 3.82. The summed E-state index contributed by atoms with van der Waals surface area (Å²) in [5.41, 5.74) is 2.22. The maximum Gasteiger partial charge on any atom is 0.336 e. The van der Waals surface area contributed by atoms with E-state index in [1.54, 1.807) is 42.6 Å². The van der Waals surface area contributed by atoms with Crippen molar-refractivity contribution in [3.8, 4) is 17.2 Å². The third-order valence-electron chi connectivity index (χ3n) is 5.42. The summed E-state index contributed by atoms with van der Waals surface area (Å²) in [5.74, 6) is -0.00872. The zero-order chi connectivity index (χ0) is 24.7. The van der Waals surface area contributed by atoms with Gasteiger partial charge in [-0.3, -0.25) is 0 Å². The highest BCUT2D eigenvalue weighted by atomic mass is 16.5. The van der Waals surface area contributed by atoms with Crippen LogP contribution in [0.1, 0.15) is 24.0 Å². The Kier molecular flexibility index (Phi) is 8.19. The van der Waals surface area contributed by atoms with E-state index >= 15 is 0 Å². The molecule has 0 bridgehead atoms. The summed E-state index contributed by atoms with van der Waals surface area (Å²) in [4.78, 5) is 27.5. The topological polar surface area (TPSA) is 83.5 Å². The first-order valence-corrected chi connectivity index (χ1v) is 10.7. The monoisotopic (exact) mass is 467 g/mol. The van der Waals surface area contributed by atoms with Gasteiger partial charge in [-0.1, -0.05) is 18.2 Å². The van der Waals surface area contributed by atoms with Crippen molar-refractivity contribution < 1.29 is 33.3 Å². The van der Waals surface area contributed by atoms with Gasteiger partial charge in [0.25, 0.3) is 0 Å². The lowest BCUT2D eigenvalue weighted by molar-refractivity contribution is -0.137. The van der Waals surface area contributed by atoms with E-state index in [0.717, 1.165) is 11.3 Å². The van der Waals surface area contributed by atoms with E-state index in [4.69, 9.17) is 23.7 Å². The predicted octanol–water partition coefficient (Wildman–Crippen LogP) is 3.82. The van der Waals surface area contributed by atoms with Crippen LogP contribution in [0.25, 0.3) is 0 Å². The maximum absolute atomic E-state index is 12.8. The Morgan fingerprint density at radius 3 is 1.94 bits per heavy atom. The van der Waals surface area contributed by atoms with Crippen LogP contribution in [0.2, 0.25) is 0 Å². The Balaban J connectivity index is 2.06. The van der Waals surface area contributed by atoms with Gasteiger partial charge in [0.15, 0.2) is 11.5 Å². The fourth-order valence-electron chi connectivity index (χ4n) is 3.82. The number of carbonyl (C=O) groups excluding carboxylic acids is 2. The summed E-state index contributed by atoms with van der Waals surface area (Å²) in [6.07, 6.45) is 3.38. The molecule has 0 aliphatic carbocycles. The molecule has 0 spiro atoms. The average molecular weight is 468 g/mol. The van der Waals surface area contributed by atoms with E-state index in [0.29, 0.717) is 41.4 Å². The van der Waals surface area contributed by atoms with E-state index in [-0.39, 0.29) is 0 Å². The molecule has 2 aromatic rings. The summed E-state index contributed by atoms with van der Waals surface area (Å²) < 4.78 is 26.4. The molecular weight excluding hydrogens is 438 g/mol. The molecule has 0 fully saturated rings. The summed E-state index contributed by atoms with van der Waals surface area (Å²) in [5, 5.41) is 0. The number of hydrogen-bond donors (Lipinski definition) is 0. The molecule has 0 unspecified atom stereocenters. The molecule has 0 radical (unpaired) electrons. The largest absolute Gasteiger partial charge is 0.497 e. The Hall–Kier alpha value is -3.94. The first-order chi connectivity index (χ1) is 16.4. The zero-order valence-corrected chi connectivity index (χ0v) is 20.0. The van der Waals surface area contributed by atoms with Crippen LogP contribution in [0.5, 0.6) is 17.2 Å². The number of carbonyl (C=O) groups is 2. The van der Waals surface area contributed by atoms with E-state index in [1.165, 1.54) is 21.3 Å². The zero-order valence-electron chi connectivity index (χ0n) is 20.0. The second-order valence-electron chi connectivity index (χ2n) is 7.45. The molecule has 0 atom stereocenters. The second-order valence-corrected chi connectivity index (χ2v) is 7.45. The van der Waals surface area contributed by atoms with Crippen molar-refractivity contribution in [1.29, 1.82) is 0 Å². The SMILES string of the molecule is CCOc1ccc(C2C(C(=O)OC)=CN(Cc3ccc(OC)cc3)C=C2C(=O)OC)cc1OC. The number of rotatable bonds is 9. The van der Waals surface area contributed by atoms with Gasteiger partial charge in [-0.2, -0.15) is 0 Å². The summed E-state index contributed by atoms with van der Waals surface area (Å²) >= 11 is 0. The number of hydrogen-bond acceptors (Lipinski definition) is 8. The highest BCUT2D eigenvalue weighted by molar-refractivity contribution is 5.98. The highest BCUT2D eigenvalue weighted by Gasteiger charge is 2.35. The number of methoxy groups -OCH3 is 4. The lowest BCUT2D eigenvalue weighted by Crippen LogP contribution is -2.28. The molecule has 0 saturated carbocycles. The van der Waals surface area contributed by atoms with Crippen LogP contribution in [0, 0.1) is 0 Å². The molecule has 8 heteroatoms. The molecule has 34 heavy (non-hydrogen) atoms. The third kappa shape index (κ3) is 5.33. The molecule has 3 rings (SSSR count).